The highest BCUT2D eigenvalue weighted by Crippen LogP contribution is 2.34. The van der Waals surface area contributed by atoms with Crippen LogP contribution in [0.1, 0.15) is 37.1 Å². The molecule has 0 saturated carbocycles. The summed E-state index contributed by atoms with van der Waals surface area (Å²) in [4.78, 5) is 13.4. The second kappa shape index (κ2) is 6.32. The van der Waals surface area contributed by atoms with Crippen molar-refractivity contribution in [3.8, 4) is 0 Å². The Kier molecular flexibility index (Phi) is 4.24. The summed E-state index contributed by atoms with van der Waals surface area (Å²) in [7, 11) is 0. The Bertz CT molecular complexity index is 790. The molecule has 0 unspecified atom stereocenters. The summed E-state index contributed by atoms with van der Waals surface area (Å²) in [5.41, 5.74) is 7.44. The predicted molar refractivity (Wildman–Crippen MR) is 96.1 cm³/mol. The molecule has 1 aliphatic carbocycles. The van der Waals surface area contributed by atoms with Crippen LogP contribution in [0.25, 0.3) is 0 Å². The Hall–Kier alpha value is -2.49. The zero-order chi connectivity index (χ0) is 16.4. The Morgan fingerprint density at radius 1 is 1.22 bits per heavy atom. The van der Waals surface area contributed by atoms with E-state index in [9.17, 15) is 0 Å². The van der Waals surface area contributed by atoms with Crippen molar-refractivity contribution in [3.63, 3.8) is 0 Å². The Balaban J connectivity index is 2.02. The number of aryl methyl sites for hydroxylation is 2. The molecule has 1 N–H and O–H groups in total. The third-order valence-electron chi connectivity index (χ3n) is 4.30. The topological polar surface area (TPSA) is 50.2 Å². The van der Waals surface area contributed by atoms with Crippen LogP contribution in [0.4, 0.5) is 17.2 Å². The minimum absolute atomic E-state index is 0.749. The van der Waals surface area contributed by atoms with E-state index in [4.69, 9.17) is 0 Å². The highest BCUT2D eigenvalue weighted by Gasteiger charge is 2.16. The van der Waals surface area contributed by atoms with Crippen molar-refractivity contribution in [3.05, 3.63) is 53.5 Å². The molecule has 3 rings (SSSR count). The maximum Gasteiger partial charge on any atom is 0.160 e. The van der Waals surface area contributed by atoms with Crippen molar-refractivity contribution < 1.29 is 0 Å². The van der Waals surface area contributed by atoms with Gasteiger partial charge in [-0.3, -0.25) is 0 Å². The molecule has 0 fully saturated rings. The van der Waals surface area contributed by atoms with Gasteiger partial charge in [-0.25, -0.2) is 15.0 Å². The van der Waals surface area contributed by atoms with Crippen LogP contribution >= 0.6 is 0 Å². The molecule has 118 valence electrons. The smallest absolute Gasteiger partial charge is 0.160 e. The summed E-state index contributed by atoms with van der Waals surface area (Å²) < 4.78 is 0. The molecule has 0 saturated heterocycles. The maximum atomic E-state index is 4.68. The van der Waals surface area contributed by atoms with Gasteiger partial charge in [0.25, 0.3) is 0 Å². The van der Waals surface area contributed by atoms with Gasteiger partial charge in [-0.15, -0.1) is 0 Å². The SMILES string of the molecule is C=C(C)C(C)=Nc1c(C)ncnc1Nc1cccc2c1CCC2. The second-order valence-corrected chi connectivity index (χ2v) is 6.06. The van der Waals surface area contributed by atoms with Crippen LogP contribution in [0.2, 0.25) is 0 Å². The standard InChI is InChI=1S/C19H22N4/c1-12(2)13(3)22-18-14(4)20-11-21-19(18)23-17-10-6-8-15-7-5-9-16(15)17/h6,8,10-11H,1,5,7,9H2,2-4H3,(H,20,21,23). The summed E-state index contributed by atoms with van der Waals surface area (Å²) in [6.45, 7) is 9.81. The molecule has 0 radical (unpaired) electrons. The van der Waals surface area contributed by atoms with Gasteiger partial charge in [0.15, 0.2) is 5.82 Å². The van der Waals surface area contributed by atoms with Crippen molar-refractivity contribution >= 4 is 22.9 Å². The number of nitrogens with one attached hydrogen (secondary N) is 1. The fraction of sp³-hybridized carbons (Fsp3) is 0.316. The van der Waals surface area contributed by atoms with Crippen molar-refractivity contribution in [1.29, 1.82) is 0 Å². The first-order valence-electron chi connectivity index (χ1n) is 7.97. The minimum Gasteiger partial charge on any atom is -0.338 e. The van der Waals surface area contributed by atoms with Crippen LogP contribution < -0.4 is 5.32 Å². The summed E-state index contributed by atoms with van der Waals surface area (Å²) in [6, 6.07) is 6.42. The van der Waals surface area contributed by atoms with E-state index in [0.29, 0.717) is 0 Å². The number of benzene rings is 1. The Morgan fingerprint density at radius 3 is 2.83 bits per heavy atom. The Morgan fingerprint density at radius 2 is 2.04 bits per heavy atom. The molecule has 0 bridgehead atoms. The molecule has 0 atom stereocenters. The van der Waals surface area contributed by atoms with Crippen LogP contribution in [0.15, 0.2) is 41.7 Å². The molecule has 0 amide bonds. The van der Waals surface area contributed by atoms with E-state index in [0.717, 1.165) is 47.0 Å². The zero-order valence-corrected chi connectivity index (χ0v) is 14.0. The molecule has 1 aromatic heterocycles. The van der Waals surface area contributed by atoms with E-state index in [1.165, 1.54) is 17.5 Å². The number of hydrogen-bond acceptors (Lipinski definition) is 4. The second-order valence-electron chi connectivity index (χ2n) is 6.06. The summed E-state index contributed by atoms with van der Waals surface area (Å²) in [6.07, 6.45) is 5.08. The fourth-order valence-electron chi connectivity index (χ4n) is 2.82. The van der Waals surface area contributed by atoms with Crippen molar-refractivity contribution in [1.82, 2.24) is 9.97 Å². The minimum atomic E-state index is 0.749. The number of rotatable bonds is 4. The average molecular weight is 306 g/mol. The van der Waals surface area contributed by atoms with Gasteiger partial charge in [0, 0.05) is 11.4 Å². The number of allylic oxidation sites excluding steroid dienone is 1. The average Bonchev–Trinajstić information content (AvgIpc) is 3.00. The molecule has 4 nitrogen and oxygen atoms in total. The van der Waals surface area contributed by atoms with Gasteiger partial charge < -0.3 is 5.32 Å². The van der Waals surface area contributed by atoms with Gasteiger partial charge >= 0.3 is 0 Å². The van der Waals surface area contributed by atoms with Gasteiger partial charge in [0.1, 0.15) is 12.0 Å². The third-order valence-corrected chi connectivity index (χ3v) is 4.30. The molecule has 0 spiro atoms. The molecule has 1 heterocycles. The number of fused-ring (bicyclic) bond motifs is 1. The molecule has 23 heavy (non-hydrogen) atoms. The van der Waals surface area contributed by atoms with Gasteiger partial charge in [-0.05, 0) is 62.8 Å². The molecule has 0 aliphatic heterocycles. The van der Waals surface area contributed by atoms with Crippen LogP contribution in [-0.4, -0.2) is 15.7 Å². The van der Waals surface area contributed by atoms with E-state index in [1.807, 2.05) is 20.8 Å². The number of anilines is 2. The molecule has 4 heteroatoms. The highest BCUT2D eigenvalue weighted by molar-refractivity contribution is 5.99. The number of aliphatic imine (C=N–C) groups is 1. The van der Waals surface area contributed by atoms with Crippen molar-refractivity contribution in [2.75, 3.05) is 5.32 Å². The van der Waals surface area contributed by atoms with Crippen molar-refractivity contribution in [2.45, 2.75) is 40.0 Å². The van der Waals surface area contributed by atoms with Gasteiger partial charge in [0.2, 0.25) is 0 Å². The molecule has 1 aromatic carbocycles. The van der Waals surface area contributed by atoms with E-state index >= 15 is 0 Å². The highest BCUT2D eigenvalue weighted by atomic mass is 15.1. The van der Waals surface area contributed by atoms with Crippen LogP contribution in [0.5, 0.6) is 0 Å². The maximum absolute atomic E-state index is 4.68. The lowest BCUT2D eigenvalue weighted by molar-refractivity contribution is 0.912. The molecule has 2 aromatic rings. The van der Waals surface area contributed by atoms with Crippen LogP contribution in [0, 0.1) is 6.92 Å². The lowest BCUT2D eigenvalue weighted by Gasteiger charge is -2.13. The normalized spacial score (nSPS) is 13.8. The monoisotopic (exact) mass is 306 g/mol. The van der Waals surface area contributed by atoms with Gasteiger partial charge in [0.05, 0.1) is 5.69 Å². The van der Waals surface area contributed by atoms with Gasteiger partial charge in [-0.1, -0.05) is 18.7 Å². The molecular formula is C19H22N4. The lowest BCUT2D eigenvalue weighted by atomic mass is 10.1. The van der Waals surface area contributed by atoms with E-state index in [1.54, 1.807) is 6.33 Å². The first-order valence-corrected chi connectivity index (χ1v) is 7.97. The summed E-state index contributed by atoms with van der Waals surface area (Å²) in [5.74, 6) is 0.749. The molecule has 1 aliphatic rings. The predicted octanol–water partition coefficient (Wildman–Crippen LogP) is 4.69. The quantitative estimate of drug-likeness (QED) is 0.834. The molecular weight excluding hydrogens is 284 g/mol. The number of nitrogens with zero attached hydrogens (tertiary/aromatic N) is 3. The van der Waals surface area contributed by atoms with E-state index < -0.39 is 0 Å². The van der Waals surface area contributed by atoms with E-state index in [2.05, 4.69) is 45.1 Å². The van der Waals surface area contributed by atoms with Crippen LogP contribution in [-0.2, 0) is 12.8 Å². The number of aromatic nitrogens is 2. The summed E-state index contributed by atoms with van der Waals surface area (Å²) >= 11 is 0. The first kappa shape index (κ1) is 15.4. The van der Waals surface area contributed by atoms with Crippen LogP contribution in [0.3, 0.4) is 0 Å². The fourth-order valence-corrected chi connectivity index (χ4v) is 2.82. The lowest BCUT2D eigenvalue weighted by Crippen LogP contribution is -2.01. The number of hydrogen-bond donors (Lipinski definition) is 1. The zero-order valence-electron chi connectivity index (χ0n) is 14.0. The first-order chi connectivity index (χ1) is 11.1. The van der Waals surface area contributed by atoms with Crippen molar-refractivity contribution in [2.24, 2.45) is 4.99 Å². The Labute approximate surface area is 137 Å². The largest absolute Gasteiger partial charge is 0.338 e. The third kappa shape index (κ3) is 3.16. The van der Waals surface area contributed by atoms with E-state index in [-0.39, 0.29) is 0 Å². The summed E-state index contributed by atoms with van der Waals surface area (Å²) in [5, 5.41) is 3.47. The van der Waals surface area contributed by atoms with Gasteiger partial charge in [-0.2, -0.15) is 0 Å².